The summed E-state index contributed by atoms with van der Waals surface area (Å²) in [4.78, 5) is 0. The lowest BCUT2D eigenvalue weighted by atomic mass is 10.0. The first kappa shape index (κ1) is 13.9. The Morgan fingerprint density at radius 3 is 2.00 bits per heavy atom. The molecular weight excluding hydrogens is 256 g/mol. The number of alkyl halides is 1. The second kappa shape index (κ2) is 6.09. The summed E-state index contributed by atoms with van der Waals surface area (Å²) in [5.41, 5.74) is 2.82. The predicted octanol–water partition coefficient (Wildman–Crippen LogP) is 4.43. The molecule has 0 aliphatic heterocycles. The van der Waals surface area contributed by atoms with Crippen molar-refractivity contribution < 1.29 is 0 Å². The smallest absolute Gasteiger partial charge is 0.144 e. The maximum absolute atomic E-state index is 6.39. The maximum Gasteiger partial charge on any atom is 0.144 e. The Bertz CT molecular complexity index is 508. The Hall–Kier alpha value is -1.51. The minimum absolute atomic E-state index is 0.369. The summed E-state index contributed by atoms with van der Waals surface area (Å²) in [5, 5.41) is 1.58. The van der Waals surface area contributed by atoms with Crippen molar-refractivity contribution >= 4 is 17.3 Å². The molecule has 0 saturated carbocycles. The van der Waals surface area contributed by atoms with Crippen LogP contribution in [0, 0.1) is 0 Å². The molecule has 100 valence electrons. The molecule has 2 N–H and O–H groups in total. The highest BCUT2D eigenvalue weighted by atomic mass is 35.5. The van der Waals surface area contributed by atoms with Crippen LogP contribution in [0.25, 0.3) is 0 Å². The van der Waals surface area contributed by atoms with Gasteiger partial charge in [-0.1, -0.05) is 67.9 Å². The van der Waals surface area contributed by atoms with E-state index in [-0.39, 0.29) is 5.50 Å². The molecule has 0 amide bonds. The SMILES string of the molecule is CC(C)c1ccc(N(N)C(Cl)c2ccccc2)cc1. The van der Waals surface area contributed by atoms with Gasteiger partial charge in [-0.15, -0.1) is 0 Å². The van der Waals surface area contributed by atoms with Gasteiger partial charge in [0.2, 0.25) is 0 Å². The summed E-state index contributed by atoms with van der Waals surface area (Å²) in [6, 6.07) is 18.0. The van der Waals surface area contributed by atoms with Crippen LogP contribution < -0.4 is 10.9 Å². The fourth-order valence-electron chi connectivity index (χ4n) is 1.93. The average Bonchev–Trinajstić information content (AvgIpc) is 2.46. The number of hydrogen-bond donors (Lipinski definition) is 1. The topological polar surface area (TPSA) is 29.3 Å². The normalized spacial score (nSPS) is 12.5. The monoisotopic (exact) mass is 274 g/mol. The number of hydrogen-bond acceptors (Lipinski definition) is 2. The number of nitrogens with two attached hydrogens (primary N) is 1. The quantitative estimate of drug-likeness (QED) is 0.387. The van der Waals surface area contributed by atoms with Gasteiger partial charge in [0.05, 0.1) is 5.69 Å². The van der Waals surface area contributed by atoms with Gasteiger partial charge in [-0.05, 0) is 29.2 Å². The Balaban J connectivity index is 2.17. The van der Waals surface area contributed by atoms with Gasteiger partial charge in [0.15, 0.2) is 0 Å². The first-order valence-electron chi connectivity index (χ1n) is 6.42. The molecular formula is C16H19ClN2. The lowest BCUT2D eigenvalue weighted by Gasteiger charge is -2.25. The molecule has 0 radical (unpaired) electrons. The first-order valence-corrected chi connectivity index (χ1v) is 6.86. The number of halogens is 1. The summed E-state index contributed by atoms with van der Waals surface area (Å²) in [7, 11) is 0. The molecule has 2 aromatic carbocycles. The van der Waals surface area contributed by atoms with E-state index in [0.717, 1.165) is 11.3 Å². The predicted molar refractivity (Wildman–Crippen MR) is 82.2 cm³/mol. The van der Waals surface area contributed by atoms with Gasteiger partial charge in [-0.2, -0.15) is 0 Å². The Morgan fingerprint density at radius 2 is 1.47 bits per heavy atom. The van der Waals surface area contributed by atoms with E-state index in [0.29, 0.717) is 5.92 Å². The van der Waals surface area contributed by atoms with Crippen LogP contribution in [0.3, 0.4) is 0 Å². The lowest BCUT2D eigenvalue weighted by molar-refractivity contribution is 0.818. The third kappa shape index (κ3) is 3.28. The van der Waals surface area contributed by atoms with E-state index in [4.69, 9.17) is 17.4 Å². The summed E-state index contributed by atoms with van der Waals surface area (Å²) < 4.78 is 0. The van der Waals surface area contributed by atoms with Crippen molar-refractivity contribution in [2.24, 2.45) is 5.84 Å². The van der Waals surface area contributed by atoms with Crippen molar-refractivity contribution in [1.82, 2.24) is 0 Å². The van der Waals surface area contributed by atoms with E-state index in [9.17, 15) is 0 Å². The molecule has 0 fully saturated rings. The molecule has 0 saturated heterocycles. The van der Waals surface area contributed by atoms with E-state index in [1.54, 1.807) is 5.01 Å². The summed E-state index contributed by atoms with van der Waals surface area (Å²) >= 11 is 6.39. The number of anilines is 1. The number of rotatable bonds is 4. The highest BCUT2D eigenvalue weighted by Crippen LogP contribution is 2.28. The molecule has 19 heavy (non-hydrogen) atoms. The van der Waals surface area contributed by atoms with Gasteiger partial charge in [0.1, 0.15) is 5.50 Å². The lowest BCUT2D eigenvalue weighted by Crippen LogP contribution is -2.32. The molecule has 2 aromatic rings. The molecule has 0 aliphatic carbocycles. The molecule has 0 aromatic heterocycles. The minimum Gasteiger partial charge on any atom is -0.289 e. The summed E-state index contributed by atoms with van der Waals surface area (Å²) in [5.74, 6) is 6.61. The van der Waals surface area contributed by atoms with Gasteiger partial charge >= 0.3 is 0 Å². The van der Waals surface area contributed by atoms with Crippen LogP contribution in [0.4, 0.5) is 5.69 Å². The van der Waals surface area contributed by atoms with Crippen LogP contribution in [0.1, 0.15) is 36.4 Å². The highest BCUT2D eigenvalue weighted by Gasteiger charge is 2.15. The standard InChI is InChI=1S/C16H19ClN2/c1-12(2)13-8-10-15(11-9-13)19(18)16(17)14-6-4-3-5-7-14/h3-12,16H,18H2,1-2H3. The zero-order chi connectivity index (χ0) is 13.8. The van der Waals surface area contributed by atoms with E-state index >= 15 is 0 Å². The maximum atomic E-state index is 6.39. The largest absolute Gasteiger partial charge is 0.289 e. The van der Waals surface area contributed by atoms with Gasteiger partial charge in [-0.25, -0.2) is 5.84 Å². The minimum atomic E-state index is -0.369. The van der Waals surface area contributed by atoms with E-state index in [2.05, 4.69) is 26.0 Å². The van der Waals surface area contributed by atoms with Crippen LogP contribution in [0.15, 0.2) is 54.6 Å². The van der Waals surface area contributed by atoms with Gasteiger partial charge in [-0.3, -0.25) is 5.01 Å². The van der Waals surface area contributed by atoms with Gasteiger partial charge in [0, 0.05) is 0 Å². The van der Waals surface area contributed by atoms with Gasteiger partial charge in [0.25, 0.3) is 0 Å². The fourth-order valence-corrected chi connectivity index (χ4v) is 2.19. The molecule has 2 nitrogen and oxygen atoms in total. The van der Waals surface area contributed by atoms with E-state index < -0.39 is 0 Å². The molecule has 0 bridgehead atoms. The molecule has 3 heteroatoms. The summed E-state index contributed by atoms with van der Waals surface area (Å²) in [6.45, 7) is 4.34. The number of nitrogens with zero attached hydrogens (tertiary/aromatic N) is 1. The van der Waals surface area contributed by atoms with Crippen LogP contribution in [-0.2, 0) is 0 Å². The molecule has 0 spiro atoms. The van der Waals surface area contributed by atoms with Crippen LogP contribution in [-0.4, -0.2) is 0 Å². The summed E-state index contributed by atoms with van der Waals surface area (Å²) in [6.07, 6.45) is 0. The van der Waals surface area contributed by atoms with E-state index in [1.165, 1.54) is 5.56 Å². The third-order valence-corrected chi connectivity index (χ3v) is 3.64. The Labute approximate surface area is 119 Å². The molecule has 2 rings (SSSR count). The zero-order valence-electron chi connectivity index (χ0n) is 11.3. The van der Waals surface area contributed by atoms with Crippen molar-refractivity contribution in [3.8, 4) is 0 Å². The Kier molecular flexibility index (Phi) is 4.46. The second-order valence-electron chi connectivity index (χ2n) is 4.90. The molecule has 0 aliphatic rings. The van der Waals surface area contributed by atoms with Crippen molar-refractivity contribution in [2.45, 2.75) is 25.3 Å². The Morgan fingerprint density at radius 1 is 0.895 bits per heavy atom. The van der Waals surface area contributed by atoms with Crippen molar-refractivity contribution in [2.75, 3.05) is 5.01 Å². The van der Waals surface area contributed by atoms with Crippen LogP contribution in [0.2, 0.25) is 0 Å². The van der Waals surface area contributed by atoms with Crippen LogP contribution >= 0.6 is 11.6 Å². The van der Waals surface area contributed by atoms with Crippen molar-refractivity contribution in [3.63, 3.8) is 0 Å². The third-order valence-electron chi connectivity index (χ3n) is 3.18. The fraction of sp³-hybridized carbons (Fsp3) is 0.250. The molecule has 0 heterocycles. The highest BCUT2D eigenvalue weighted by molar-refractivity contribution is 6.21. The number of benzene rings is 2. The number of hydrazine groups is 1. The first-order chi connectivity index (χ1) is 9.09. The van der Waals surface area contributed by atoms with E-state index in [1.807, 2.05) is 42.5 Å². The molecule has 1 unspecified atom stereocenters. The van der Waals surface area contributed by atoms with Crippen molar-refractivity contribution in [1.29, 1.82) is 0 Å². The van der Waals surface area contributed by atoms with Crippen molar-refractivity contribution in [3.05, 3.63) is 65.7 Å². The average molecular weight is 275 g/mol. The van der Waals surface area contributed by atoms with Gasteiger partial charge < -0.3 is 0 Å². The molecule has 1 atom stereocenters. The van der Waals surface area contributed by atoms with Crippen LogP contribution in [0.5, 0.6) is 0 Å². The zero-order valence-corrected chi connectivity index (χ0v) is 12.0. The second-order valence-corrected chi connectivity index (χ2v) is 5.31.